The lowest BCUT2D eigenvalue weighted by Crippen LogP contribution is -2.40. The standard InChI is InChI=1S/C17H31NO2Si/c1-7-18(16-11-9-8-10-12-16)15-17(2,3)13-14-21(6,19-4)20-5/h8-12H,7,13-15H2,1-6H3. The van der Waals surface area contributed by atoms with Gasteiger partial charge in [0, 0.05) is 33.0 Å². The first-order valence-electron chi connectivity index (χ1n) is 7.76. The van der Waals surface area contributed by atoms with Gasteiger partial charge in [0.15, 0.2) is 0 Å². The zero-order chi connectivity index (χ0) is 15.9. The number of nitrogens with zero attached hydrogens (tertiary/aromatic N) is 1. The van der Waals surface area contributed by atoms with Crippen molar-refractivity contribution in [2.45, 2.75) is 39.8 Å². The Labute approximate surface area is 131 Å². The average molecular weight is 310 g/mol. The predicted molar refractivity (Wildman–Crippen MR) is 93.2 cm³/mol. The molecule has 1 rings (SSSR count). The molecule has 0 unspecified atom stereocenters. The molecule has 0 spiro atoms. The van der Waals surface area contributed by atoms with Crippen LogP contribution in [-0.4, -0.2) is 35.9 Å². The van der Waals surface area contributed by atoms with Gasteiger partial charge in [-0.05, 0) is 43.5 Å². The molecule has 0 aliphatic carbocycles. The Morgan fingerprint density at radius 3 is 2.14 bits per heavy atom. The fraction of sp³-hybridized carbons (Fsp3) is 0.647. The van der Waals surface area contributed by atoms with Gasteiger partial charge < -0.3 is 13.8 Å². The third-order valence-electron chi connectivity index (χ3n) is 4.24. The molecule has 1 aromatic rings. The van der Waals surface area contributed by atoms with Crippen LogP contribution in [0.1, 0.15) is 27.2 Å². The first-order chi connectivity index (χ1) is 9.86. The Kier molecular flexibility index (Phi) is 6.91. The topological polar surface area (TPSA) is 21.7 Å². The van der Waals surface area contributed by atoms with Crippen molar-refractivity contribution in [2.75, 3.05) is 32.2 Å². The lowest BCUT2D eigenvalue weighted by atomic mass is 9.89. The summed E-state index contributed by atoms with van der Waals surface area (Å²) >= 11 is 0. The monoisotopic (exact) mass is 309 g/mol. The van der Waals surface area contributed by atoms with Crippen molar-refractivity contribution in [3.05, 3.63) is 30.3 Å². The van der Waals surface area contributed by atoms with Gasteiger partial charge in [-0.3, -0.25) is 0 Å². The van der Waals surface area contributed by atoms with Gasteiger partial charge in [-0.1, -0.05) is 32.0 Å². The second-order valence-electron chi connectivity index (χ2n) is 6.56. The first kappa shape index (κ1) is 18.2. The van der Waals surface area contributed by atoms with Crippen LogP contribution in [0.4, 0.5) is 5.69 Å². The lowest BCUT2D eigenvalue weighted by molar-refractivity contribution is 0.237. The Bertz CT molecular complexity index is 405. The molecule has 0 radical (unpaired) electrons. The van der Waals surface area contributed by atoms with E-state index in [0.29, 0.717) is 0 Å². The molecule has 0 aromatic heterocycles. The number of benzene rings is 1. The molecule has 0 saturated carbocycles. The first-order valence-corrected chi connectivity index (χ1v) is 10.3. The third-order valence-corrected chi connectivity index (χ3v) is 7.13. The molecular weight excluding hydrogens is 278 g/mol. The highest BCUT2D eigenvalue weighted by atomic mass is 28.4. The zero-order valence-electron chi connectivity index (χ0n) is 14.5. The van der Waals surface area contributed by atoms with E-state index in [1.807, 2.05) is 0 Å². The average Bonchev–Trinajstić information content (AvgIpc) is 2.51. The Hall–Kier alpha value is -0.843. The van der Waals surface area contributed by atoms with E-state index in [1.54, 1.807) is 14.2 Å². The van der Waals surface area contributed by atoms with E-state index >= 15 is 0 Å². The van der Waals surface area contributed by atoms with E-state index in [4.69, 9.17) is 8.85 Å². The molecule has 3 nitrogen and oxygen atoms in total. The van der Waals surface area contributed by atoms with Gasteiger partial charge >= 0.3 is 8.56 Å². The molecule has 0 fully saturated rings. The fourth-order valence-electron chi connectivity index (χ4n) is 2.47. The fourth-order valence-corrected chi connectivity index (χ4v) is 4.18. The minimum Gasteiger partial charge on any atom is -0.398 e. The molecule has 120 valence electrons. The van der Waals surface area contributed by atoms with E-state index in [1.165, 1.54) is 5.69 Å². The maximum atomic E-state index is 5.60. The molecule has 0 saturated heterocycles. The Balaban J connectivity index is 2.65. The smallest absolute Gasteiger partial charge is 0.334 e. The summed E-state index contributed by atoms with van der Waals surface area (Å²) < 4.78 is 11.2. The van der Waals surface area contributed by atoms with Crippen LogP contribution in [0.2, 0.25) is 12.6 Å². The Morgan fingerprint density at radius 1 is 1.10 bits per heavy atom. The lowest BCUT2D eigenvalue weighted by Gasteiger charge is -2.35. The molecule has 4 heteroatoms. The Morgan fingerprint density at radius 2 is 1.67 bits per heavy atom. The van der Waals surface area contributed by atoms with E-state index in [9.17, 15) is 0 Å². The summed E-state index contributed by atoms with van der Waals surface area (Å²) in [5.74, 6) is 0. The van der Waals surface area contributed by atoms with Crippen LogP contribution in [0.3, 0.4) is 0 Å². The molecule has 0 amide bonds. The van der Waals surface area contributed by atoms with Crippen LogP contribution in [-0.2, 0) is 8.85 Å². The quantitative estimate of drug-likeness (QED) is 0.635. The van der Waals surface area contributed by atoms with Crippen LogP contribution in [0.5, 0.6) is 0 Å². The molecule has 21 heavy (non-hydrogen) atoms. The summed E-state index contributed by atoms with van der Waals surface area (Å²) in [7, 11) is 1.57. The minimum atomic E-state index is -1.97. The third kappa shape index (κ3) is 5.81. The summed E-state index contributed by atoms with van der Waals surface area (Å²) in [5, 5.41) is 0. The largest absolute Gasteiger partial charge is 0.398 e. The summed E-state index contributed by atoms with van der Waals surface area (Å²) in [6.45, 7) is 11.1. The molecule has 1 aromatic carbocycles. The van der Waals surface area contributed by atoms with Gasteiger partial charge in [-0.15, -0.1) is 0 Å². The SMILES string of the molecule is CCN(CC(C)(C)CC[Si](C)(OC)OC)c1ccccc1. The van der Waals surface area contributed by atoms with Gasteiger partial charge in [0.1, 0.15) is 0 Å². The van der Waals surface area contributed by atoms with Gasteiger partial charge in [0.05, 0.1) is 0 Å². The number of para-hydroxylation sites is 1. The predicted octanol–water partition coefficient (Wildman–Crippen LogP) is 4.29. The maximum absolute atomic E-state index is 5.60. The highest BCUT2D eigenvalue weighted by molar-refractivity contribution is 6.65. The van der Waals surface area contributed by atoms with E-state index in [-0.39, 0.29) is 5.41 Å². The normalized spacial score (nSPS) is 12.5. The number of hydrogen-bond acceptors (Lipinski definition) is 3. The molecule has 0 bridgehead atoms. The van der Waals surface area contributed by atoms with Crippen molar-refractivity contribution in [3.63, 3.8) is 0 Å². The molecule has 0 N–H and O–H groups in total. The summed E-state index contributed by atoms with van der Waals surface area (Å²) in [6.07, 6.45) is 1.11. The molecule has 0 heterocycles. The van der Waals surface area contributed by atoms with Crippen molar-refractivity contribution in [1.82, 2.24) is 0 Å². The maximum Gasteiger partial charge on any atom is 0.334 e. The molecular formula is C17H31NO2Si. The highest BCUT2D eigenvalue weighted by Crippen LogP contribution is 2.30. The number of anilines is 1. The van der Waals surface area contributed by atoms with E-state index in [2.05, 4.69) is 62.5 Å². The van der Waals surface area contributed by atoms with Crippen LogP contribution in [0.25, 0.3) is 0 Å². The second kappa shape index (κ2) is 7.97. The van der Waals surface area contributed by atoms with Crippen molar-refractivity contribution in [2.24, 2.45) is 5.41 Å². The van der Waals surface area contributed by atoms with Crippen LogP contribution in [0.15, 0.2) is 30.3 Å². The molecule has 0 aliphatic heterocycles. The van der Waals surface area contributed by atoms with Gasteiger partial charge in [0.2, 0.25) is 0 Å². The van der Waals surface area contributed by atoms with Crippen molar-refractivity contribution in [1.29, 1.82) is 0 Å². The van der Waals surface area contributed by atoms with Crippen molar-refractivity contribution < 1.29 is 8.85 Å². The molecule has 0 atom stereocenters. The minimum absolute atomic E-state index is 0.233. The number of hydrogen-bond donors (Lipinski definition) is 0. The molecule has 0 aliphatic rings. The number of rotatable bonds is 9. The van der Waals surface area contributed by atoms with Crippen LogP contribution in [0, 0.1) is 5.41 Å². The van der Waals surface area contributed by atoms with Gasteiger partial charge in [-0.2, -0.15) is 0 Å². The van der Waals surface area contributed by atoms with Crippen LogP contribution >= 0.6 is 0 Å². The van der Waals surface area contributed by atoms with Crippen molar-refractivity contribution >= 4 is 14.2 Å². The summed E-state index contributed by atoms with van der Waals surface area (Å²) in [5.41, 5.74) is 1.53. The van der Waals surface area contributed by atoms with E-state index in [0.717, 1.165) is 25.6 Å². The van der Waals surface area contributed by atoms with Crippen LogP contribution < -0.4 is 4.90 Å². The summed E-state index contributed by atoms with van der Waals surface area (Å²) in [6, 6.07) is 11.7. The van der Waals surface area contributed by atoms with Gasteiger partial charge in [-0.25, -0.2) is 0 Å². The van der Waals surface area contributed by atoms with Crippen molar-refractivity contribution in [3.8, 4) is 0 Å². The van der Waals surface area contributed by atoms with Gasteiger partial charge in [0.25, 0.3) is 0 Å². The highest BCUT2D eigenvalue weighted by Gasteiger charge is 2.32. The zero-order valence-corrected chi connectivity index (χ0v) is 15.5. The second-order valence-corrected chi connectivity index (χ2v) is 10.1. The van der Waals surface area contributed by atoms with E-state index < -0.39 is 8.56 Å². The summed E-state index contributed by atoms with van der Waals surface area (Å²) in [4.78, 5) is 2.44.